The molecule has 5 nitrogen and oxygen atoms in total. The zero-order valence-corrected chi connectivity index (χ0v) is 10.4. The highest BCUT2D eigenvalue weighted by atomic mass is 32.1. The SMILES string of the molecule is Cn1ccc2ccc(C(=O)Nc3nncs3)cc21. The second-order valence-electron chi connectivity index (χ2n) is 3.90. The molecule has 2 aromatic heterocycles. The molecule has 0 unspecified atom stereocenters. The van der Waals surface area contributed by atoms with Gasteiger partial charge in [0, 0.05) is 24.3 Å². The van der Waals surface area contributed by atoms with Crippen molar-refractivity contribution in [2.24, 2.45) is 7.05 Å². The van der Waals surface area contributed by atoms with Gasteiger partial charge in [-0.15, -0.1) is 10.2 Å². The number of rotatable bonds is 2. The minimum Gasteiger partial charge on any atom is -0.351 e. The van der Waals surface area contributed by atoms with Crippen molar-refractivity contribution in [3.05, 3.63) is 41.5 Å². The van der Waals surface area contributed by atoms with Crippen molar-refractivity contribution in [2.75, 3.05) is 5.32 Å². The molecular formula is C12H10N4OS. The first-order valence-electron chi connectivity index (χ1n) is 5.36. The summed E-state index contributed by atoms with van der Waals surface area (Å²) in [7, 11) is 1.95. The van der Waals surface area contributed by atoms with Crippen molar-refractivity contribution in [2.45, 2.75) is 0 Å². The fourth-order valence-corrected chi connectivity index (χ4v) is 2.24. The summed E-state index contributed by atoms with van der Waals surface area (Å²) in [5.74, 6) is -0.171. The van der Waals surface area contributed by atoms with Crippen LogP contribution in [0.1, 0.15) is 10.4 Å². The Kier molecular flexibility index (Phi) is 2.56. The van der Waals surface area contributed by atoms with Gasteiger partial charge in [-0.1, -0.05) is 17.4 Å². The molecule has 1 amide bonds. The number of nitrogens with zero attached hydrogens (tertiary/aromatic N) is 3. The molecule has 0 aliphatic rings. The molecule has 3 rings (SSSR count). The maximum absolute atomic E-state index is 12.0. The molecule has 1 aromatic carbocycles. The van der Waals surface area contributed by atoms with Crippen LogP contribution in [-0.2, 0) is 7.05 Å². The summed E-state index contributed by atoms with van der Waals surface area (Å²) in [6.07, 6.45) is 1.97. The first kappa shape index (κ1) is 10.9. The highest BCUT2D eigenvalue weighted by molar-refractivity contribution is 7.13. The van der Waals surface area contributed by atoms with Crippen LogP contribution in [0.5, 0.6) is 0 Å². The van der Waals surface area contributed by atoms with Crippen molar-refractivity contribution in [1.82, 2.24) is 14.8 Å². The molecule has 3 aromatic rings. The minimum atomic E-state index is -0.171. The van der Waals surface area contributed by atoms with E-state index in [1.807, 2.05) is 36.0 Å². The molecule has 0 aliphatic carbocycles. The van der Waals surface area contributed by atoms with Crippen LogP contribution in [0.3, 0.4) is 0 Å². The summed E-state index contributed by atoms with van der Waals surface area (Å²) in [4.78, 5) is 12.0. The van der Waals surface area contributed by atoms with E-state index in [1.165, 1.54) is 11.3 Å². The zero-order chi connectivity index (χ0) is 12.5. The Hall–Kier alpha value is -2.21. The summed E-state index contributed by atoms with van der Waals surface area (Å²) in [6, 6.07) is 7.62. The molecule has 0 bridgehead atoms. The van der Waals surface area contributed by atoms with Gasteiger partial charge in [0.15, 0.2) is 0 Å². The van der Waals surface area contributed by atoms with Crippen LogP contribution in [0.4, 0.5) is 5.13 Å². The van der Waals surface area contributed by atoms with Crippen LogP contribution in [0, 0.1) is 0 Å². The van der Waals surface area contributed by atoms with E-state index in [-0.39, 0.29) is 5.91 Å². The molecule has 0 aliphatic heterocycles. The predicted octanol–water partition coefficient (Wildman–Crippen LogP) is 2.28. The number of nitrogens with one attached hydrogen (secondary N) is 1. The Labute approximate surface area is 107 Å². The van der Waals surface area contributed by atoms with Gasteiger partial charge < -0.3 is 4.57 Å². The lowest BCUT2D eigenvalue weighted by Gasteiger charge is -2.02. The monoisotopic (exact) mass is 258 g/mol. The molecule has 0 saturated heterocycles. The zero-order valence-electron chi connectivity index (χ0n) is 9.62. The summed E-state index contributed by atoms with van der Waals surface area (Å²) in [5, 5.41) is 11.8. The van der Waals surface area contributed by atoms with Gasteiger partial charge in [0.1, 0.15) is 5.51 Å². The quantitative estimate of drug-likeness (QED) is 0.767. The molecule has 0 fully saturated rings. The van der Waals surface area contributed by atoms with E-state index in [0.29, 0.717) is 10.7 Å². The fraction of sp³-hybridized carbons (Fsp3) is 0.0833. The Bertz CT molecular complexity index is 702. The maximum atomic E-state index is 12.0. The predicted molar refractivity (Wildman–Crippen MR) is 70.8 cm³/mol. The third kappa shape index (κ3) is 1.86. The van der Waals surface area contributed by atoms with E-state index in [0.717, 1.165) is 10.9 Å². The Balaban J connectivity index is 1.93. The first-order chi connectivity index (χ1) is 8.74. The van der Waals surface area contributed by atoms with Crippen LogP contribution in [0.2, 0.25) is 0 Å². The molecular weight excluding hydrogens is 248 g/mol. The molecule has 0 saturated carbocycles. The van der Waals surface area contributed by atoms with Gasteiger partial charge in [0.05, 0.1) is 0 Å². The van der Waals surface area contributed by atoms with Crippen molar-refractivity contribution in [1.29, 1.82) is 0 Å². The number of fused-ring (bicyclic) bond motifs is 1. The van der Waals surface area contributed by atoms with Gasteiger partial charge in [0.2, 0.25) is 5.13 Å². The number of amides is 1. The smallest absolute Gasteiger partial charge is 0.257 e. The number of carbonyl (C=O) groups is 1. The number of hydrogen-bond donors (Lipinski definition) is 1. The van der Waals surface area contributed by atoms with Gasteiger partial charge in [-0.05, 0) is 23.6 Å². The molecule has 0 spiro atoms. The average molecular weight is 258 g/mol. The summed E-state index contributed by atoms with van der Waals surface area (Å²) >= 11 is 1.29. The van der Waals surface area contributed by atoms with Crippen LogP contribution in [0.25, 0.3) is 10.9 Å². The maximum Gasteiger partial charge on any atom is 0.257 e. The summed E-state index contributed by atoms with van der Waals surface area (Å²) < 4.78 is 1.98. The van der Waals surface area contributed by atoms with Crippen molar-refractivity contribution >= 4 is 33.3 Å². The average Bonchev–Trinajstić information content (AvgIpc) is 3.00. The van der Waals surface area contributed by atoms with Gasteiger partial charge >= 0.3 is 0 Å². The number of benzene rings is 1. The van der Waals surface area contributed by atoms with Crippen LogP contribution < -0.4 is 5.32 Å². The first-order valence-corrected chi connectivity index (χ1v) is 6.24. The van der Waals surface area contributed by atoms with E-state index in [1.54, 1.807) is 11.6 Å². The molecule has 90 valence electrons. The largest absolute Gasteiger partial charge is 0.351 e. The third-order valence-electron chi connectivity index (χ3n) is 2.73. The van der Waals surface area contributed by atoms with Crippen LogP contribution in [-0.4, -0.2) is 20.7 Å². The number of anilines is 1. The number of aromatic nitrogens is 3. The molecule has 2 heterocycles. The number of carbonyl (C=O) groups excluding carboxylic acids is 1. The normalized spacial score (nSPS) is 10.7. The van der Waals surface area contributed by atoms with Crippen LogP contribution in [0.15, 0.2) is 36.0 Å². The summed E-state index contributed by atoms with van der Waals surface area (Å²) in [5.41, 5.74) is 3.22. The molecule has 6 heteroatoms. The van der Waals surface area contributed by atoms with E-state index >= 15 is 0 Å². The highest BCUT2D eigenvalue weighted by Crippen LogP contribution is 2.18. The standard InChI is InChI=1S/C12H10N4OS/c1-16-5-4-8-2-3-9(6-10(8)16)11(17)14-12-15-13-7-18-12/h2-7H,1H3,(H,14,15,17). The van der Waals surface area contributed by atoms with Crippen LogP contribution >= 0.6 is 11.3 Å². The third-order valence-corrected chi connectivity index (χ3v) is 3.34. The topological polar surface area (TPSA) is 59.8 Å². The van der Waals surface area contributed by atoms with Gasteiger partial charge in [0.25, 0.3) is 5.91 Å². The van der Waals surface area contributed by atoms with Crippen molar-refractivity contribution < 1.29 is 4.79 Å². The Morgan fingerprint density at radius 3 is 3.06 bits per heavy atom. The molecule has 0 atom stereocenters. The summed E-state index contributed by atoms with van der Waals surface area (Å²) in [6.45, 7) is 0. The fourth-order valence-electron chi connectivity index (χ4n) is 1.80. The second-order valence-corrected chi connectivity index (χ2v) is 4.73. The molecule has 1 N–H and O–H groups in total. The van der Waals surface area contributed by atoms with E-state index in [9.17, 15) is 4.79 Å². The lowest BCUT2D eigenvalue weighted by Crippen LogP contribution is -2.11. The second kappa shape index (κ2) is 4.23. The Morgan fingerprint density at radius 1 is 1.39 bits per heavy atom. The number of aryl methyl sites for hydroxylation is 1. The van der Waals surface area contributed by atoms with E-state index < -0.39 is 0 Å². The lowest BCUT2D eigenvalue weighted by atomic mass is 10.1. The van der Waals surface area contributed by atoms with Crippen molar-refractivity contribution in [3.8, 4) is 0 Å². The van der Waals surface area contributed by atoms with Gasteiger partial charge in [-0.3, -0.25) is 10.1 Å². The molecule has 18 heavy (non-hydrogen) atoms. The highest BCUT2D eigenvalue weighted by Gasteiger charge is 2.09. The van der Waals surface area contributed by atoms with E-state index in [2.05, 4.69) is 15.5 Å². The minimum absolute atomic E-state index is 0.171. The van der Waals surface area contributed by atoms with Crippen molar-refractivity contribution in [3.63, 3.8) is 0 Å². The number of hydrogen-bond acceptors (Lipinski definition) is 4. The van der Waals surface area contributed by atoms with Gasteiger partial charge in [-0.25, -0.2) is 0 Å². The Morgan fingerprint density at radius 2 is 2.28 bits per heavy atom. The molecule has 0 radical (unpaired) electrons. The lowest BCUT2D eigenvalue weighted by molar-refractivity contribution is 0.102. The van der Waals surface area contributed by atoms with E-state index in [4.69, 9.17) is 0 Å². The van der Waals surface area contributed by atoms with Gasteiger partial charge in [-0.2, -0.15) is 0 Å².